The lowest BCUT2D eigenvalue weighted by molar-refractivity contribution is -0.138. The molecule has 1 aliphatic rings. The molecule has 0 radical (unpaired) electrons. The highest BCUT2D eigenvalue weighted by atomic mass is 35.5. The van der Waals surface area contributed by atoms with Gasteiger partial charge in [0.2, 0.25) is 0 Å². The van der Waals surface area contributed by atoms with Crippen LogP contribution in [0, 0.1) is 11.3 Å². The summed E-state index contributed by atoms with van der Waals surface area (Å²) in [6.45, 7) is 3.65. The average Bonchev–Trinajstić information content (AvgIpc) is 2.35. The molecule has 0 heterocycles. The van der Waals surface area contributed by atoms with E-state index in [2.05, 4.69) is 12.6 Å². The SMILES string of the molecule is CC1(C)C(C=C(Cl)Cl)C1(S)C(=O)O. The summed E-state index contributed by atoms with van der Waals surface area (Å²) in [6, 6.07) is 0. The summed E-state index contributed by atoms with van der Waals surface area (Å²) in [5.41, 5.74) is -0.406. The number of carbonyl (C=O) groups is 1. The molecule has 74 valence electrons. The predicted octanol–water partition coefficient (Wildman–Crippen LogP) is 2.71. The number of aliphatic carboxylic acids is 1. The van der Waals surface area contributed by atoms with Crippen molar-refractivity contribution < 1.29 is 9.90 Å². The fourth-order valence-corrected chi connectivity index (χ4v) is 2.37. The lowest BCUT2D eigenvalue weighted by Gasteiger charge is -2.05. The smallest absolute Gasteiger partial charge is 0.320 e. The van der Waals surface area contributed by atoms with Crippen LogP contribution in [0.3, 0.4) is 0 Å². The molecule has 0 bridgehead atoms. The van der Waals surface area contributed by atoms with E-state index in [1.807, 2.05) is 13.8 Å². The van der Waals surface area contributed by atoms with Crippen molar-refractivity contribution in [1.82, 2.24) is 0 Å². The summed E-state index contributed by atoms with van der Waals surface area (Å²) in [5.74, 6) is -1.15. The summed E-state index contributed by atoms with van der Waals surface area (Å²) < 4.78 is -0.947. The average molecular weight is 241 g/mol. The van der Waals surface area contributed by atoms with Gasteiger partial charge in [0.1, 0.15) is 9.24 Å². The van der Waals surface area contributed by atoms with Gasteiger partial charge in [0.25, 0.3) is 0 Å². The number of hydrogen-bond acceptors (Lipinski definition) is 2. The second-order valence-electron chi connectivity index (χ2n) is 3.73. The summed E-state index contributed by atoms with van der Waals surface area (Å²) in [6.07, 6.45) is 1.53. The number of thiol groups is 1. The summed E-state index contributed by atoms with van der Waals surface area (Å²) in [5, 5.41) is 8.94. The van der Waals surface area contributed by atoms with Gasteiger partial charge in [-0.25, -0.2) is 0 Å². The summed E-state index contributed by atoms with van der Waals surface area (Å²) in [7, 11) is 0. The first-order valence-corrected chi connectivity index (χ1v) is 4.93. The van der Waals surface area contributed by atoms with Crippen LogP contribution in [-0.4, -0.2) is 15.8 Å². The van der Waals surface area contributed by atoms with Gasteiger partial charge in [-0.3, -0.25) is 4.79 Å². The largest absolute Gasteiger partial charge is 0.480 e. The highest BCUT2D eigenvalue weighted by Crippen LogP contribution is 2.66. The van der Waals surface area contributed by atoms with E-state index in [0.29, 0.717) is 0 Å². The van der Waals surface area contributed by atoms with Crippen molar-refractivity contribution >= 4 is 41.8 Å². The van der Waals surface area contributed by atoms with Crippen molar-refractivity contribution in [3.05, 3.63) is 10.6 Å². The van der Waals surface area contributed by atoms with Crippen molar-refractivity contribution in [2.75, 3.05) is 0 Å². The molecule has 0 saturated heterocycles. The normalized spacial score (nSPS) is 35.3. The predicted molar refractivity (Wildman–Crippen MR) is 56.4 cm³/mol. The van der Waals surface area contributed by atoms with Gasteiger partial charge in [-0.05, 0) is 11.5 Å². The van der Waals surface area contributed by atoms with Crippen molar-refractivity contribution in [1.29, 1.82) is 0 Å². The first-order chi connectivity index (χ1) is 5.74. The van der Waals surface area contributed by atoms with Gasteiger partial charge < -0.3 is 5.11 Å². The molecule has 0 aliphatic heterocycles. The number of hydrogen-bond donors (Lipinski definition) is 2. The van der Waals surface area contributed by atoms with Gasteiger partial charge in [-0.1, -0.05) is 37.0 Å². The van der Waals surface area contributed by atoms with Crippen molar-refractivity contribution in [2.45, 2.75) is 18.6 Å². The highest BCUT2D eigenvalue weighted by molar-refractivity contribution is 7.83. The van der Waals surface area contributed by atoms with Gasteiger partial charge in [-0.15, -0.1) is 0 Å². The minimum absolute atomic E-state index is 0.0928. The van der Waals surface area contributed by atoms with E-state index < -0.39 is 16.1 Å². The zero-order chi connectivity index (χ0) is 10.4. The van der Waals surface area contributed by atoms with Crippen molar-refractivity contribution in [2.24, 2.45) is 11.3 Å². The molecule has 0 aromatic rings. The lowest BCUT2D eigenvalue weighted by atomic mass is 10.1. The highest BCUT2D eigenvalue weighted by Gasteiger charge is 2.73. The van der Waals surface area contributed by atoms with Crippen LogP contribution in [0.25, 0.3) is 0 Å². The number of carboxylic acid groups (broad SMARTS) is 1. The van der Waals surface area contributed by atoms with Crippen LogP contribution in [0.15, 0.2) is 10.6 Å². The second-order valence-corrected chi connectivity index (χ2v) is 5.44. The van der Waals surface area contributed by atoms with Crippen molar-refractivity contribution in [3.63, 3.8) is 0 Å². The molecule has 2 atom stereocenters. The Morgan fingerprint density at radius 3 is 2.23 bits per heavy atom. The summed E-state index contributed by atoms with van der Waals surface area (Å²) in [4.78, 5) is 10.9. The summed E-state index contributed by atoms with van der Waals surface area (Å²) >= 11 is 15.1. The number of rotatable bonds is 2. The molecule has 5 heteroatoms. The quantitative estimate of drug-likeness (QED) is 0.729. The van der Waals surface area contributed by atoms with E-state index in [4.69, 9.17) is 28.3 Å². The second kappa shape index (κ2) is 3.07. The van der Waals surface area contributed by atoms with Crippen LogP contribution in [0.5, 0.6) is 0 Å². The van der Waals surface area contributed by atoms with Gasteiger partial charge in [0, 0.05) is 5.92 Å². The molecular formula is C8H10Cl2O2S. The third-order valence-electron chi connectivity index (χ3n) is 2.75. The standard InChI is InChI=1S/C8H10Cl2O2S/c1-7(2)4(3-5(9)10)8(7,13)6(11)12/h3-4,13H,1-2H3,(H,11,12). The number of carboxylic acids is 1. The van der Waals surface area contributed by atoms with E-state index >= 15 is 0 Å². The monoisotopic (exact) mass is 240 g/mol. The van der Waals surface area contributed by atoms with Crippen molar-refractivity contribution in [3.8, 4) is 0 Å². The maximum Gasteiger partial charge on any atom is 0.320 e. The first-order valence-electron chi connectivity index (χ1n) is 3.73. The van der Waals surface area contributed by atoms with Gasteiger partial charge in [0.15, 0.2) is 0 Å². The van der Waals surface area contributed by atoms with E-state index in [1.165, 1.54) is 6.08 Å². The van der Waals surface area contributed by atoms with Crippen LogP contribution in [0.2, 0.25) is 0 Å². The Balaban J connectivity index is 2.95. The fraction of sp³-hybridized carbons (Fsp3) is 0.625. The maximum atomic E-state index is 10.9. The maximum absolute atomic E-state index is 10.9. The van der Waals surface area contributed by atoms with Gasteiger partial charge in [-0.2, -0.15) is 12.6 Å². The molecule has 1 rings (SSSR count). The molecule has 0 aromatic carbocycles. The molecule has 2 unspecified atom stereocenters. The van der Waals surface area contributed by atoms with E-state index in [9.17, 15) is 4.79 Å². The Morgan fingerprint density at radius 1 is 1.54 bits per heavy atom. The molecular weight excluding hydrogens is 231 g/mol. The van der Waals surface area contributed by atoms with Crippen LogP contribution in [0.1, 0.15) is 13.8 Å². The molecule has 1 fully saturated rings. The number of allylic oxidation sites excluding steroid dienone is 1. The molecule has 0 spiro atoms. The molecule has 1 saturated carbocycles. The molecule has 13 heavy (non-hydrogen) atoms. The Morgan fingerprint density at radius 2 is 2.00 bits per heavy atom. The molecule has 1 aliphatic carbocycles. The Hall–Kier alpha value is 0.140. The minimum atomic E-state index is -1.04. The lowest BCUT2D eigenvalue weighted by Crippen LogP contribution is -2.21. The van der Waals surface area contributed by atoms with Crippen LogP contribution < -0.4 is 0 Å². The fourth-order valence-electron chi connectivity index (χ4n) is 1.64. The van der Waals surface area contributed by atoms with Crippen LogP contribution >= 0.6 is 35.8 Å². The molecule has 1 N–H and O–H groups in total. The van der Waals surface area contributed by atoms with Gasteiger partial charge in [0.05, 0.1) is 0 Å². The zero-order valence-electron chi connectivity index (χ0n) is 7.21. The minimum Gasteiger partial charge on any atom is -0.480 e. The van der Waals surface area contributed by atoms with E-state index in [-0.39, 0.29) is 10.4 Å². The van der Waals surface area contributed by atoms with E-state index in [1.54, 1.807) is 0 Å². The van der Waals surface area contributed by atoms with Gasteiger partial charge >= 0.3 is 5.97 Å². The number of halogens is 2. The first kappa shape index (κ1) is 11.2. The van der Waals surface area contributed by atoms with Crippen LogP contribution in [0.4, 0.5) is 0 Å². The molecule has 2 nitrogen and oxygen atoms in total. The molecule has 0 aromatic heterocycles. The van der Waals surface area contributed by atoms with E-state index in [0.717, 1.165) is 0 Å². The topological polar surface area (TPSA) is 37.3 Å². The van der Waals surface area contributed by atoms with Crippen LogP contribution in [-0.2, 0) is 4.79 Å². The zero-order valence-corrected chi connectivity index (χ0v) is 9.62. The Labute approximate surface area is 92.3 Å². The third-order valence-corrected chi connectivity index (χ3v) is 4.04. The molecule has 0 amide bonds. The third kappa shape index (κ3) is 1.47. The Kier molecular flexibility index (Phi) is 2.65. The Bertz CT molecular complexity index is 284.